The van der Waals surface area contributed by atoms with E-state index in [1.165, 1.54) is 212 Å². The maximum atomic E-state index is 13.5. The van der Waals surface area contributed by atoms with Crippen LogP contribution in [0.25, 0.3) is 0 Å². The van der Waals surface area contributed by atoms with Crippen molar-refractivity contribution in [2.45, 2.75) is 446 Å². The maximum Gasteiger partial charge on any atom is 0.220 e. The number of carbonyl (C=O) groups excluding carboxylic acids is 1. The van der Waals surface area contributed by atoms with Crippen LogP contribution in [0.3, 0.4) is 0 Å². The number of carbonyl (C=O) groups is 1. The minimum absolute atomic E-state index is 0.242. The van der Waals surface area contributed by atoms with Gasteiger partial charge in [0.1, 0.15) is 73.2 Å². The van der Waals surface area contributed by atoms with Gasteiger partial charge in [0.05, 0.1) is 38.6 Å². The molecule has 0 saturated carbocycles. The fourth-order valence-corrected chi connectivity index (χ4v) is 14.5. The number of hydrogen-bond donors (Lipinski definition) is 12. The van der Waals surface area contributed by atoms with Gasteiger partial charge in [0.25, 0.3) is 0 Å². The number of hydrogen-bond acceptors (Lipinski definition) is 18. The average molecular weight is 1530 g/mol. The fourth-order valence-electron chi connectivity index (χ4n) is 14.5. The molecule has 3 heterocycles. The summed E-state index contributed by atoms with van der Waals surface area (Å²) in [5.41, 5.74) is 0. The molecule has 1 amide bonds. The van der Waals surface area contributed by atoms with Crippen LogP contribution in [0.2, 0.25) is 0 Å². The molecule has 0 spiro atoms. The van der Waals surface area contributed by atoms with Crippen molar-refractivity contribution in [3.8, 4) is 0 Å². The first-order valence-corrected chi connectivity index (χ1v) is 43.8. The second-order valence-corrected chi connectivity index (χ2v) is 31.0. The van der Waals surface area contributed by atoms with Crippen molar-refractivity contribution < 1.29 is 89.4 Å². The molecule has 0 aromatic carbocycles. The zero-order chi connectivity index (χ0) is 78.1. The normalized spacial score (nSPS) is 25.8. The largest absolute Gasteiger partial charge is 0.394 e. The van der Waals surface area contributed by atoms with Crippen molar-refractivity contribution >= 4 is 5.91 Å². The molecule has 19 nitrogen and oxygen atoms in total. The highest BCUT2D eigenvalue weighted by atomic mass is 16.8. The zero-order valence-corrected chi connectivity index (χ0v) is 67.6. The van der Waals surface area contributed by atoms with E-state index in [1.807, 2.05) is 0 Å². The lowest BCUT2D eigenvalue weighted by Crippen LogP contribution is -2.66. The van der Waals surface area contributed by atoms with Gasteiger partial charge in [-0.05, 0) is 70.6 Å². The van der Waals surface area contributed by atoms with Crippen LogP contribution in [-0.2, 0) is 33.2 Å². The Balaban J connectivity index is 1.34. The molecule has 17 atom stereocenters. The molecule has 3 aliphatic rings. The summed E-state index contributed by atoms with van der Waals surface area (Å²) in [5.74, 6) is -0.242. The summed E-state index contributed by atoms with van der Waals surface area (Å²) in [6, 6.07) is -0.894. The van der Waals surface area contributed by atoms with Gasteiger partial charge in [-0.15, -0.1) is 0 Å². The third-order valence-electron chi connectivity index (χ3n) is 21.5. The first-order valence-electron chi connectivity index (χ1n) is 43.8. The standard InChI is InChI=1S/C89H159NO18/c1-3-5-7-9-11-13-15-17-19-21-23-25-27-29-31-33-34-35-36-37-38-39-41-43-45-47-49-51-53-55-57-59-61-63-65-67-77(95)90-72(73(94)66-64-62-60-58-56-54-52-50-48-46-44-42-40-32-30-28-26-24-22-20-18-16-14-12-10-8-6-4-2)71-103-87-83(101)80(98)85(75(69-92)105-87)108-89-84(102)81(99)86(76(70-93)106-89)107-88-82(100)79(97)78(96)74(68-91)104-88/h5,7,11,13,17,19,23,25,29,31,34-35,37-38,72-76,78-89,91-94,96-102H,3-4,6,8-10,12,14-16,18,20-22,24,26-28,30,32-33,36,39-71H2,1-2H3,(H,90,95)/b7-5-,13-11-,19-17-,25-23-,31-29-,35-34-,38-37-. The van der Waals surface area contributed by atoms with E-state index < -0.39 is 124 Å². The molecule has 17 unspecified atom stereocenters. The number of aliphatic hydroxyl groups is 11. The number of nitrogens with one attached hydrogen (secondary N) is 1. The SMILES string of the molecule is CC/C=C\C/C=C\C/C=C\C/C=C\C/C=C\C/C=C\C/C=C\CCCCCCCCCCCCCCCC(=O)NC(COC1OC(CO)C(OC2OC(CO)C(OC3OC(CO)C(O)C(O)C3O)C(O)C2O)C(O)C1O)C(O)CCCCCCCCCCCCCCCCCCCCCCCCCCCCCC. The van der Waals surface area contributed by atoms with Crippen molar-refractivity contribution in [1.29, 1.82) is 0 Å². The van der Waals surface area contributed by atoms with Crippen LogP contribution in [0.4, 0.5) is 0 Å². The Bertz CT molecular complexity index is 2280. The molecule has 3 aliphatic heterocycles. The van der Waals surface area contributed by atoms with Crippen molar-refractivity contribution in [2.24, 2.45) is 0 Å². The van der Waals surface area contributed by atoms with Crippen LogP contribution in [-0.4, -0.2) is 193 Å². The lowest BCUT2D eigenvalue weighted by Gasteiger charge is -2.48. The van der Waals surface area contributed by atoms with E-state index in [-0.39, 0.29) is 18.9 Å². The highest BCUT2D eigenvalue weighted by molar-refractivity contribution is 5.76. The Morgan fingerprint density at radius 3 is 1.00 bits per heavy atom. The Hall–Kier alpha value is -3.03. The van der Waals surface area contributed by atoms with Crippen LogP contribution in [0.1, 0.15) is 341 Å². The van der Waals surface area contributed by atoms with Gasteiger partial charge < -0.3 is 89.9 Å². The second-order valence-electron chi connectivity index (χ2n) is 31.0. The summed E-state index contributed by atoms with van der Waals surface area (Å²) < 4.78 is 34.6. The zero-order valence-electron chi connectivity index (χ0n) is 67.6. The molecule has 108 heavy (non-hydrogen) atoms. The predicted molar refractivity (Wildman–Crippen MR) is 434 cm³/mol. The highest BCUT2D eigenvalue weighted by Gasteiger charge is 2.54. The van der Waals surface area contributed by atoms with Gasteiger partial charge in [-0.2, -0.15) is 0 Å². The van der Waals surface area contributed by atoms with Gasteiger partial charge in [0.2, 0.25) is 5.91 Å². The minimum Gasteiger partial charge on any atom is -0.394 e. The molecule has 19 heteroatoms. The number of amides is 1. The minimum atomic E-state index is -1.98. The first-order chi connectivity index (χ1) is 52.8. The Morgan fingerprint density at radius 2 is 0.639 bits per heavy atom. The third-order valence-corrected chi connectivity index (χ3v) is 21.5. The van der Waals surface area contributed by atoms with E-state index in [0.717, 1.165) is 96.3 Å². The molecule has 628 valence electrons. The fraction of sp³-hybridized carbons (Fsp3) is 0.831. The van der Waals surface area contributed by atoms with Crippen LogP contribution in [0.5, 0.6) is 0 Å². The van der Waals surface area contributed by atoms with Gasteiger partial charge in [0.15, 0.2) is 18.9 Å². The number of unbranched alkanes of at least 4 members (excludes halogenated alkanes) is 40. The van der Waals surface area contributed by atoms with E-state index >= 15 is 0 Å². The molecule has 3 fully saturated rings. The molecular formula is C89H159NO18. The van der Waals surface area contributed by atoms with Gasteiger partial charge in [0, 0.05) is 6.42 Å². The smallest absolute Gasteiger partial charge is 0.220 e. The topological polar surface area (TPSA) is 307 Å². The summed E-state index contributed by atoms with van der Waals surface area (Å²) in [4.78, 5) is 13.5. The predicted octanol–water partition coefficient (Wildman–Crippen LogP) is 16.1. The van der Waals surface area contributed by atoms with Crippen LogP contribution in [0, 0.1) is 0 Å². The first kappa shape index (κ1) is 99.2. The molecule has 0 aliphatic carbocycles. The quantitative estimate of drug-likeness (QED) is 0.0199. The Labute approximate surface area is 654 Å². The Kier molecular flexibility index (Phi) is 62.8. The lowest BCUT2D eigenvalue weighted by atomic mass is 9.96. The monoisotopic (exact) mass is 1530 g/mol. The van der Waals surface area contributed by atoms with Gasteiger partial charge in [-0.1, -0.05) is 349 Å². The molecular weight excluding hydrogens is 1370 g/mol. The van der Waals surface area contributed by atoms with Crippen LogP contribution >= 0.6 is 0 Å². The van der Waals surface area contributed by atoms with Crippen molar-refractivity contribution in [1.82, 2.24) is 5.32 Å². The number of allylic oxidation sites excluding steroid dienone is 14. The summed E-state index contributed by atoms with van der Waals surface area (Å²) >= 11 is 0. The second kappa shape index (κ2) is 68.4. The summed E-state index contributed by atoms with van der Waals surface area (Å²) in [5, 5.41) is 121. The molecule has 0 aromatic heterocycles. The van der Waals surface area contributed by atoms with Crippen LogP contribution in [0.15, 0.2) is 85.1 Å². The summed E-state index contributed by atoms with van der Waals surface area (Å²) in [6.07, 6.45) is 65.3. The van der Waals surface area contributed by atoms with E-state index in [0.29, 0.717) is 12.8 Å². The molecule has 0 bridgehead atoms. The van der Waals surface area contributed by atoms with Gasteiger partial charge >= 0.3 is 0 Å². The van der Waals surface area contributed by atoms with Crippen molar-refractivity contribution in [3.63, 3.8) is 0 Å². The highest BCUT2D eigenvalue weighted by Crippen LogP contribution is 2.33. The van der Waals surface area contributed by atoms with E-state index in [2.05, 4.69) is 104 Å². The van der Waals surface area contributed by atoms with E-state index in [4.69, 9.17) is 28.4 Å². The molecule has 0 aromatic rings. The summed E-state index contributed by atoms with van der Waals surface area (Å²) in [6.45, 7) is 1.73. The third kappa shape index (κ3) is 47.0. The van der Waals surface area contributed by atoms with E-state index in [1.54, 1.807) is 0 Å². The maximum absolute atomic E-state index is 13.5. The lowest BCUT2D eigenvalue weighted by molar-refractivity contribution is -0.379. The average Bonchev–Trinajstić information content (AvgIpc) is 0.774. The van der Waals surface area contributed by atoms with Gasteiger partial charge in [-0.3, -0.25) is 4.79 Å². The molecule has 3 saturated heterocycles. The van der Waals surface area contributed by atoms with Crippen molar-refractivity contribution in [2.75, 3.05) is 26.4 Å². The van der Waals surface area contributed by atoms with Gasteiger partial charge in [-0.25, -0.2) is 0 Å². The van der Waals surface area contributed by atoms with Crippen molar-refractivity contribution in [3.05, 3.63) is 85.1 Å². The number of ether oxygens (including phenoxy) is 6. The molecule has 3 rings (SSSR count). The van der Waals surface area contributed by atoms with Crippen LogP contribution < -0.4 is 5.32 Å². The van der Waals surface area contributed by atoms with E-state index in [9.17, 15) is 61.0 Å². The summed E-state index contributed by atoms with van der Waals surface area (Å²) in [7, 11) is 0. The molecule has 12 N–H and O–H groups in total. The number of aliphatic hydroxyl groups excluding tert-OH is 11. The number of rotatable bonds is 70. The Morgan fingerprint density at radius 1 is 0.343 bits per heavy atom. The molecule has 0 radical (unpaired) electrons.